The summed E-state index contributed by atoms with van der Waals surface area (Å²) < 4.78 is 0. The van der Waals surface area contributed by atoms with Crippen LogP contribution in [0.3, 0.4) is 0 Å². The highest BCUT2D eigenvalue weighted by molar-refractivity contribution is 5.14. The van der Waals surface area contributed by atoms with Gasteiger partial charge in [-0.05, 0) is 30.9 Å². The summed E-state index contributed by atoms with van der Waals surface area (Å²) in [4.78, 5) is 0. The Morgan fingerprint density at radius 3 is 2.10 bits per heavy atom. The Labute approximate surface area is 63.5 Å². The van der Waals surface area contributed by atoms with Gasteiger partial charge in [0.1, 0.15) is 0 Å². The van der Waals surface area contributed by atoms with Gasteiger partial charge < -0.3 is 5.32 Å². The standard InChI is InChI=1S/C9H17N/c1-6(5-10-4)9-7(2)8(9)3/h5,7-10H,1-4H3/b6-5+/t7-,8?,9?/m0/s1. The van der Waals surface area contributed by atoms with E-state index in [9.17, 15) is 0 Å². The highest BCUT2D eigenvalue weighted by Gasteiger charge is 2.43. The Hall–Kier alpha value is -0.460. The maximum absolute atomic E-state index is 3.07. The van der Waals surface area contributed by atoms with Crippen molar-refractivity contribution in [2.45, 2.75) is 20.8 Å². The lowest BCUT2D eigenvalue weighted by Gasteiger charge is -1.96. The summed E-state index contributed by atoms with van der Waals surface area (Å²) in [6.45, 7) is 6.85. The van der Waals surface area contributed by atoms with Crippen LogP contribution in [0.2, 0.25) is 0 Å². The zero-order valence-electron chi connectivity index (χ0n) is 7.31. The summed E-state index contributed by atoms with van der Waals surface area (Å²) in [7, 11) is 1.96. The first-order valence-corrected chi connectivity index (χ1v) is 4.02. The van der Waals surface area contributed by atoms with Crippen LogP contribution < -0.4 is 5.32 Å². The smallest absolute Gasteiger partial charge is 0.00276 e. The number of allylic oxidation sites excluding steroid dienone is 1. The van der Waals surface area contributed by atoms with Gasteiger partial charge in [0.15, 0.2) is 0 Å². The third kappa shape index (κ3) is 1.18. The monoisotopic (exact) mass is 139 g/mol. The normalized spacial score (nSPS) is 39.6. The zero-order chi connectivity index (χ0) is 7.72. The molecule has 1 rings (SSSR count). The minimum Gasteiger partial charge on any atom is -0.394 e. The summed E-state index contributed by atoms with van der Waals surface area (Å²) >= 11 is 0. The topological polar surface area (TPSA) is 12.0 Å². The van der Waals surface area contributed by atoms with E-state index in [1.807, 2.05) is 7.05 Å². The molecule has 0 spiro atoms. The Morgan fingerprint density at radius 1 is 1.30 bits per heavy atom. The van der Waals surface area contributed by atoms with Crippen molar-refractivity contribution in [3.05, 3.63) is 11.8 Å². The molecule has 0 saturated heterocycles. The average molecular weight is 139 g/mol. The lowest BCUT2D eigenvalue weighted by atomic mass is 10.2. The Bertz CT molecular complexity index is 141. The van der Waals surface area contributed by atoms with Gasteiger partial charge in [0.2, 0.25) is 0 Å². The quantitative estimate of drug-likeness (QED) is 0.617. The molecule has 0 aromatic carbocycles. The molecule has 0 aromatic rings. The molecule has 0 amide bonds. The van der Waals surface area contributed by atoms with E-state index in [4.69, 9.17) is 0 Å². The third-order valence-corrected chi connectivity index (χ3v) is 2.72. The minimum absolute atomic E-state index is 0.854. The summed E-state index contributed by atoms with van der Waals surface area (Å²) in [5.74, 6) is 2.67. The molecule has 1 aliphatic rings. The van der Waals surface area contributed by atoms with Crippen LogP contribution in [-0.4, -0.2) is 7.05 Å². The van der Waals surface area contributed by atoms with Crippen LogP contribution in [0, 0.1) is 17.8 Å². The third-order valence-electron chi connectivity index (χ3n) is 2.72. The summed E-state index contributed by atoms with van der Waals surface area (Å²) in [5, 5.41) is 3.07. The molecule has 1 heteroatoms. The molecule has 0 bridgehead atoms. The first-order chi connectivity index (χ1) is 4.68. The van der Waals surface area contributed by atoms with Gasteiger partial charge in [-0.3, -0.25) is 0 Å². The summed E-state index contributed by atoms with van der Waals surface area (Å²) in [5.41, 5.74) is 1.50. The van der Waals surface area contributed by atoms with Crippen LogP contribution in [0.15, 0.2) is 11.8 Å². The van der Waals surface area contributed by atoms with Crippen molar-refractivity contribution in [1.29, 1.82) is 0 Å². The predicted molar refractivity (Wildman–Crippen MR) is 44.6 cm³/mol. The Morgan fingerprint density at radius 2 is 1.80 bits per heavy atom. The lowest BCUT2D eigenvalue weighted by Crippen LogP contribution is -1.96. The fourth-order valence-corrected chi connectivity index (χ4v) is 1.82. The van der Waals surface area contributed by atoms with Gasteiger partial charge in [-0.2, -0.15) is 0 Å². The van der Waals surface area contributed by atoms with Gasteiger partial charge in [0, 0.05) is 7.05 Å². The number of nitrogens with one attached hydrogen (secondary N) is 1. The van der Waals surface area contributed by atoms with E-state index in [1.165, 1.54) is 5.57 Å². The average Bonchev–Trinajstić information content (AvgIpc) is 2.42. The number of hydrogen-bond donors (Lipinski definition) is 1. The highest BCUT2D eigenvalue weighted by Crippen LogP contribution is 2.49. The second-order valence-corrected chi connectivity index (χ2v) is 3.42. The molecule has 58 valence electrons. The van der Waals surface area contributed by atoms with Crippen molar-refractivity contribution in [3.8, 4) is 0 Å². The van der Waals surface area contributed by atoms with Crippen molar-refractivity contribution in [2.75, 3.05) is 7.05 Å². The van der Waals surface area contributed by atoms with Crippen LogP contribution in [0.4, 0.5) is 0 Å². The summed E-state index contributed by atoms with van der Waals surface area (Å²) in [6.07, 6.45) is 2.12. The molecule has 1 N–H and O–H groups in total. The molecule has 3 atom stereocenters. The predicted octanol–water partition coefficient (Wildman–Crippen LogP) is 2.01. The second kappa shape index (κ2) is 2.65. The van der Waals surface area contributed by atoms with Crippen LogP contribution in [-0.2, 0) is 0 Å². The van der Waals surface area contributed by atoms with E-state index >= 15 is 0 Å². The van der Waals surface area contributed by atoms with Crippen molar-refractivity contribution in [1.82, 2.24) is 5.32 Å². The molecule has 0 aliphatic heterocycles. The molecule has 1 aliphatic carbocycles. The second-order valence-electron chi connectivity index (χ2n) is 3.42. The van der Waals surface area contributed by atoms with Gasteiger partial charge >= 0.3 is 0 Å². The van der Waals surface area contributed by atoms with Crippen LogP contribution in [0.1, 0.15) is 20.8 Å². The molecule has 2 unspecified atom stereocenters. The van der Waals surface area contributed by atoms with Gasteiger partial charge in [-0.1, -0.05) is 19.4 Å². The number of hydrogen-bond acceptors (Lipinski definition) is 1. The van der Waals surface area contributed by atoms with Gasteiger partial charge in [-0.25, -0.2) is 0 Å². The maximum atomic E-state index is 3.07. The number of rotatable bonds is 2. The molecular formula is C9H17N. The molecule has 0 radical (unpaired) electrons. The van der Waals surface area contributed by atoms with Crippen molar-refractivity contribution >= 4 is 0 Å². The molecule has 1 fully saturated rings. The van der Waals surface area contributed by atoms with Gasteiger partial charge in [0.05, 0.1) is 0 Å². The van der Waals surface area contributed by atoms with Crippen LogP contribution >= 0.6 is 0 Å². The van der Waals surface area contributed by atoms with Crippen molar-refractivity contribution in [2.24, 2.45) is 17.8 Å². The van der Waals surface area contributed by atoms with Gasteiger partial charge in [0.25, 0.3) is 0 Å². The SMILES string of the molecule is CN/C=C(\C)C1C(C)[C@@H]1C. The Balaban J connectivity index is 2.45. The zero-order valence-corrected chi connectivity index (χ0v) is 7.31. The van der Waals surface area contributed by atoms with Crippen molar-refractivity contribution in [3.63, 3.8) is 0 Å². The maximum Gasteiger partial charge on any atom is 0.00276 e. The first-order valence-electron chi connectivity index (χ1n) is 4.02. The van der Waals surface area contributed by atoms with Gasteiger partial charge in [-0.15, -0.1) is 0 Å². The van der Waals surface area contributed by atoms with E-state index < -0.39 is 0 Å². The largest absolute Gasteiger partial charge is 0.394 e. The fraction of sp³-hybridized carbons (Fsp3) is 0.778. The molecule has 0 aromatic heterocycles. The van der Waals surface area contributed by atoms with E-state index in [0.717, 1.165) is 17.8 Å². The first kappa shape index (κ1) is 7.64. The van der Waals surface area contributed by atoms with E-state index in [2.05, 4.69) is 32.3 Å². The molecular weight excluding hydrogens is 122 g/mol. The molecule has 0 heterocycles. The summed E-state index contributed by atoms with van der Waals surface area (Å²) in [6, 6.07) is 0. The highest BCUT2D eigenvalue weighted by atomic mass is 14.8. The minimum atomic E-state index is 0.854. The fourth-order valence-electron chi connectivity index (χ4n) is 1.82. The van der Waals surface area contributed by atoms with E-state index in [1.54, 1.807) is 0 Å². The van der Waals surface area contributed by atoms with E-state index in [-0.39, 0.29) is 0 Å². The lowest BCUT2D eigenvalue weighted by molar-refractivity contribution is 0.834. The molecule has 1 nitrogen and oxygen atoms in total. The molecule has 10 heavy (non-hydrogen) atoms. The van der Waals surface area contributed by atoms with Crippen LogP contribution in [0.5, 0.6) is 0 Å². The Kier molecular flexibility index (Phi) is 2.02. The van der Waals surface area contributed by atoms with E-state index in [0.29, 0.717) is 0 Å². The van der Waals surface area contributed by atoms with Crippen molar-refractivity contribution < 1.29 is 0 Å². The molecule has 1 saturated carbocycles. The van der Waals surface area contributed by atoms with Crippen LogP contribution in [0.25, 0.3) is 0 Å².